The maximum atomic E-state index is 12.0. The molecule has 0 unspecified atom stereocenters. The number of urea groups is 1. The number of carbonyl (C=O) groups excluding carboxylic acids is 1. The number of carboxylic acids is 1. The quantitative estimate of drug-likeness (QED) is 0.826. The molecular formula is C13H15N3O3S. The van der Waals surface area contributed by atoms with Crippen molar-refractivity contribution in [1.82, 2.24) is 9.88 Å². The van der Waals surface area contributed by atoms with Crippen molar-refractivity contribution in [3.8, 4) is 12.3 Å². The van der Waals surface area contributed by atoms with Crippen molar-refractivity contribution < 1.29 is 14.7 Å². The fourth-order valence-corrected chi connectivity index (χ4v) is 3.09. The summed E-state index contributed by atoms with van der Waals surface area (Å²) >= 11 is 1.45. The van der Waals surface area contributed by atoms with Gasteiger partial charge in [0.15, 0.2) is 5.13 Å². The Morgan fingerprint density at radius 3 is 2.85 bits per heavy atom. The zero-order valence-corrected chi connectivity index (χ0v) is 11.7. The molecule has 0 saturated carbocycles. The van der Waals surface area contributed by atoms with Gasteiger partial charge >= 0.3 is 12.0 Å². The third-order valence-corrected chi connectivity index (χ3v) is 4.03. The van der Waals surface area contributed by atoms with Gasteiger partial charge in [0.2, 0.25) is 0 Å². The predicted octanol–water partition coefficient (Wildman–Crippen LogP) is 1.57. The van der Waals surface area contributed by atoms with Crippen LogP contribution in [0.5, 0.6) is 0 Å². The van der Waals surface area contributed by atoms with Crippen LogP contribution in [0.4, 0.5) is 9.93 Å². The molecule has 1 aromatic heterocycles. The highest BCUT2D eigenvalue weighted by atomic mass is 32.1. The van der Waals surface area contributed by atoms with E-state index in [9.17, 15) is 9.59 Å². The maximum absolute atomic E-state index is 12.0. The smallest absolute Gasteiger partial charge is 0.324 e. The zero-order chi connectivity index (χ0) is 14.5. The van der Waals surface area contributed by atoms with Gasteiger partial charge < -0.3 is 10.0 Å². The normalized spacial score (nSPS) is 13.2. The van der Waals surface area contributed by atoms with Crippen LogP contribution < -0.4 is 5.32 Å². The molecule has 0 radical (unpaired) electrons. The number of carbonyl (C=O) groups is 2. The van der Waals surface area contributed by atoms with E-state index in [0.29, 0.717) is 5.13 Å². The number of anilines is 1. The summed E-state index contributed by atoms with van der Waals surface area (Å²) in [5.74, 6) is 1.17. The third kappa shape index (κ3) is 3.48. The maximum Gasteiger partial charge on any atom is 0.324 e. The highest BCUT2D eigenvalue weighted by Crippen LogP contribution is 2.29. The van der Waals surface area contributed by atoms with E-state index in [-0.39, 0.29) is 6.54 Å². The first-order valence-corrected chi connectivity index (χ1v) is 7.11. The number of aliphatic carboxylic acids is 1. The molecule has 0 aliphatic heterocycles. The second kappa shape index (κ2) is 6.39. The fraction of sp³-hybridized carbons (Fsp3) is 0.462. The monoisotopic (exact) mass is 293 g/mol. The molecule has 20 heavy (non-hydrogen) atoms. The Morgan fingerprint density at radius 1 is 1.45 bits per heavy atom. The molecule has 2 N–H and O–H groups in total. The number of hydrogen-bond acceptors (Lipinski definition) is 4. The number of aryl methyl sites for hydroxylation is 2. The first-order chi connectivity index (χ1) is 9.60. The summed E-state index contributed by atoms with van der Waals surface area (Å²) in [5.41, 5.74) is 1.04. The number of aromatic nitrogens is 1. The Morgan fingerprint density at radius 2 is 2.20 bits per heavy atom. The van der Waals surface area contributed by atoms with Gasteiger partial charge in [-0.25, -0.2) is 9.78 Å². The van der Waals surface area contributed by atoms with E-state index in [4.69, 9.17) is 11.5 Å². The number of nitrogens with one attached hydrogen (secondary N) is 1. The first kappa shape index (κ1) is 14.3. The molecule has 7 heteroatoms. The van der Waals surface area contributed by atoms with Crippen molar-refractivity contribution in [2.24, 2.45) is 0 Å². The van der Waals surface area contributed by atoms with E-state index in [0.717, 1.165) is 36.3 Å². The molecule has 0 spiro atoms. The van der Waals surface area contributed by atoms with E-state index < -0.39 is 18.5 Å². The molecular weight excluding hydrogens is 278 g/mol. The van der Waals surface area contributed by atoms with Gasteiger partial charge in [-0.3, -0.25) is 10.1 Å². The summed E-state index contributed by atoms with van der Waals surface area (Å²) in [6.45, 7) is -0.482. The number of rotatable bonds is 4. The van der Waals surface area contributed by atoms with Gasteiger partial charge in [-0.05, 0) is 25.7 Å². The predicted molar refractivity (Wildman–Crippen MR) is 75.8 cm³/mol. The Bertz CT molecular complexity index is 538. The lowest BCUT2D eigenvalue weighted by Crippen LogP contribution is -2.39. The number of fused-ring (bicyclic) bond motifs is 1. The summed E-state index contributed by atoms with van der Waals surface area (Å²) in [7, 11) is 0. The van der Waals surface area contributed by atoms with Crippen molar-refractivity contribution in [3.63, 3.8) is 0 Å². The highest BCUT2D eigenvalue weighted by molar-refractivity contribution is 7.15. The van der Waals surface area contributed by atoms with Crippen LogP contribution in [0.3, 0.4) is 0 Å². The Kier molecular flexibility index (Phi) is 4.58. The minimum absolute atomic E-state index is 0.0524. The van der Waals surface area contributed by atoms with Crippen molar-refractivity contribution in [1.29, 1.82) is 0 Å². The number of thiazole rings is 1. The van der Waals surface area contributed by atoms with E-state index in [2.05, 4.69) is 16.2 Å². The van der Waals surface area contributed by atoms with Crippen LogP contribution in [-0.4, -0.2) is 40.1 Å². The van der Waals surface area contributed by atoms with Gasteiger partial charge in [0.05, 0.1) is 12.2 Å². The molecule has 1 aromatic rings. The number of carboxylic acid groups (broad SMARTS) is 1. The van der Waals surface area contributed by atoms with Crippen molar-refractivity contribution >= 4 is 28.5 Å². The van der Waals surface area contributed by atoms with Crippen LogP contribution in [0.25, 0.3) is 0 Å². The third-order valence-electron chi connectivity index (χ3n) is 2.96. The Balaban J connectivity index is 2.03. The molecule has 0 aromatic carbocycles. The molecule has 0 fully saturated rings. The van der Waals surface area contributed by atoms with Crippen LogP contribution in [0.15, 0.2) is 0 Å². The summed E-state index contributed by atoms with van der Waals surface area (Å²) in [4.78, 5) is 29.3. The molecule has 0 bridgehead atoms. The second-order valence-electron chi connectivity index (χ2n) is 4.48. The van der Waals surface area contributed by atoms with Crippen molar-refractivity contribution in [2.45, 2.75) is 25.7 Å². The molecule has 106 valence electrons. The number of terminal acetylenes is 1. The Hall–Kier alpha value is -2.07. The lowest BCUT2D eigenvalue weighted by Gasteiger charge is -2.17. The average Bonchev–Trinajstić information content (AvgIpc) is 2.79. The lowest BCUT2D eigenvalue weighted by atomic mass is 10.0. The molecule has 0 atom stereocenters. The van der Waals surface area contributed by atoms with Gasteiger partial charge in [0, 0.05) is 4.88 Å². The molecule has 2 amide bonds. The zero-order valence-electron chi connectivity index (χ0n) is 10.9. The van der Waals surface area contributed by atoms with Gasteiger partial charge in [0.1, 0.15) is 6.54 Å². The summed E-state index contributed by atoms with van der Waals surface area (Å²) < 4.78 is 0. The van der Waals surface area contributed by atoms with Crippen LogP contribution in [-0.2, 0) is 17.6 Å². The minimum atomic E-state index is -1.10. The fourth-order valence-electron chi connectivity index (χ4n) is 2.05. The SMILES string of the molecule is C#CCN(CC(=O)O)C(=O)Nc1nc2c(s1)CCCC2. The number of amides is 2. The van der Waals surface area contributed by atoms with Crippen LogP contribution >= 0.6 is 11.3 Å². The number of nitrogens with zero attached hydrogens (tertiary/aromatic N) is 2. The van der Waals surface area contributed by atoms with Crippen molar-refractivity contribution in [2.75, 3.05) is 18.4 Å². The number of hydrogen-bond donors (Lipinski definition) is 2. The van der Waals surface area contributed by atoms with Gasteiger partial charge in [-0.1, -0.05) is 5.92 Å². The topological polar surface area (TPSA) is 82.5 Å². The van der Waals surface area contributed by atoms with Crippen molar-refractivity contribution in [3.05, 3.63) is 10.6 Å². The molecule has 2 rings (SSSR count). The van der Waals surface area contributed by atoms with Gasteiger partial charge in [-0.15, -0.1) is 17.8 Å². The van der Waals surface area contributed by atoms with Gasteiger partial charge in [-0.2, -0.15) is 0 Å². The standard InChI is InChI=1S/C13H15N3O3S/c1-2-7-16(8-11(17)18)13(19)15-12-14-9-5-3-4-6-10(9)20-12/h1H,3-8H2,(H,17,18)(H,14,15,19). The average molecular weight is 293 g/mol. The van der Waals surface area contributed by atoms with E-state index in [1.54, 1.807) is 0 Å². The summed E-state index contributed by atoms with van der Waals surface area (Å²) in [5, 5.41) is 11.9. The van der Waals surface area contributed by atoms with E-state index >= 15 is 0 Å². The van der Waals surface area contributed by atoms with E-state index in [1.165, 1.54) is 16.2 Å². The molecule has 6 nitrogen and oxygen atoms in total. The first-order valence-electron chi connectivity index (χ1n) is 6.30. The largest absolute Gasteiger partial charge is 0.480 e. The highest BCUT2D eigenvalue weighted by Gasteiger charge is 2.20. The summed E-state index contributed by atoms with van der Waals surface area (Å²) in [6, 6.07) is -0.531. The Labute approximate surface area is 120 Å². The molecule has 0 saturated heterocycles. The van der Waals surface area contributed by atoms with Gasteiger partial charge in [0.25, 0.3) is 0 Å². The van der Waals surface area contributed by atoms with E-state index in [1.807, 2.05) is 0 Å². The molecule has 1 aliphatic rings. The molecule has 1 heterocycles. The van der Waals surface area contributed by atoms with Crippen LogP contribution in [0, 0.1) is 12.3 Å². The minimum Gasteiger partial charge on any atom is -0.480 e. The second-order valence-corrected chi connectivity index (χ2v) is 5.56. The summed E-state index contributed by atoms with van der Waals surface area (Å²) in [6.07, 6.45) is 9.33. The van der Waals surface area contributed by atoms with Crippen LogP contribution in [0.2, 0.25) is 0 Å². The molecule has 1 aliphatic carbocycles. The van der Waals surface area contributed by atoms with Crippen LogP contribution in [0.1, 0.15) is 23.4 Å². The lowest BCUT2D eigenvalue weighted by molar-refractivity contribution is -0.137.